The number of hydrogen-bond donors (Lipinski definition) is 1. The van der Waals surface area contributed by atoms with Gasteiger partial charge >= 0.3 is 0 Å². The quantitative estimate of drug-likeness (QED) is 0.820. The van der Waals surface area contributed by atoms with Crippen molar-refractivity contribution in [2.24, 2.45) is 5.92 Å². The first-order chi connectivity index (χ1) is 10.7. The van der Waals surface area contributed by atoms with Gasteiger partial charge in [0.05, 0.1) is 6.54 Å². The van der Waals surface area contributed by atoms with Gasteiger partial charge in [-0.2, -0.15) is 0 Å². The molecule has 5 nitrogen and oxygen atoms in total. The minimum atomic E-state index is 0.0657. The smallest absolute Gasteiger partial charge is 0.231 e. The van der Waals surface area contributed by atoms with Gasteiger partial charge in [0.1, 0.15) is 12.4 Å². The van der Waals surface area contributed by atoms with Gasteiger partial charge in [0.2, 0.25) is 12.7 Å². The summed E-state index contributed by atoms with van der Waals surface area (Å²) in [7, 11) is 0. The van der Waals surface area contributed by atoms with Crippen LogP contribution in [0.15, 0.2) is 18.2 Å². The molecule has 0 aliphatic carbocycles. The van der Waals surface area contributed by atoms with E-state index in [1.807, 2.05) is 19.9 Å². The van der Waals surface area contributed by atoms with E-state index in [0.29, 0.717) is 18.0 Å². The van der Waals surface area contributed by atoms with E-state index in [2.05, 4.69) is 17.2 Å². The van der Waals surface area contributed by atoms with Crippen LogP contribution in [-0.2, 0) is 4.79 Å². The third-order valence-corrected chi connectivity index (χ3v) is 3.49. The van der Waals surface area contributed by atoms with Crippen LogP contribution in [0.4, 0.5) is 0 Å². The molecule has 22 heavy (non-hydrogen) atoms. The molecule has 1 heterocycles. The number of hydrogen-bond acceptors (Lipinski definition) is 4. The topological polar surface area (TPSA) is 56.8 Å². The number of amides is 1. The number of carbonyl (C=O) groups is 1. The second-order valence-corrected chi connectivity index (χ2v) is 4.89. The monoisotopic (exact) mass is 303 g/mol. The van der Waals surface area contributed by atoms with E-state index in [-0.39, 0.29) is 25.2 Å². The lowest BCUT2D eigenvalue weighted by molar-refractivity contribution is -0.124. The minimum Gasteiger partial charge on any atom is -0.481 e. The molecular formula is C17H21NO4. The fourth-order valence-corrected chi connectivity index (χ4v) is 2.13. The van der Waals surface area contributed by atoms with Gasteiger partial charge < -0.3 is 19.5 Å². The molecule has 2 rings (SSSR count). The first-order valence-corrected chi connectivity index (χ1v) is 7.50. The highest BCUT2D eigenvalue weighted by atomic mass is 16.7. The van der Waals surface area contributed by atoms with Crippen molar-refractivity contribution in [1.82, 2.24) is 5.32 Å². The van der Waals surface area contributed by atoms with Crippen molar-refractivity contribution in [1.29, 1.82) is 0 Å². The van der Waals surface area contributed by atoms with Crippen molar-refractivity contribution in [2.45, 2.75) is 26.7 Å². The second kappa shape index (κ2) is 8.18. The summed E-state index contributed by atoms with van der Waals surface area (Å²) < 4.78 is 16.0. The van der Waals surface area contributed by atoms with E-state index in [4.69, 9.17) is 14.2 Å². The van der Waals surface area contributed by atoms with Crippen LogP contribution >= 0.6 is 0 Å². The van der Waals surface area contributed by atoms with Crippen LogP contribution in [0, 0.1) is 17.8 Å². The van der Waals surface area contributed by atoms with Crippen molar-refractivity contribution >= 4 is 5.91 Å². The lowest BCUT2D eigenvalue weighted by atomic mass is 10.0. The van der Waals surface area contributed by atoms with Gasteiger partial charge in [-0.05, 0) is 25.0 Å². The summed E-state index contributed by atoms with van der Waals surface area (Å²) in [5.41, 5.74) is 0. The molecule has 1 aromatic carbocycles. The Morgan fingerprint density at radius 2 is 2.05 bits per heavy atom. The van der Waals surface area contributed by atoms with Crippen LogP contribution in [0.2, 0.25) is 0 Å². The first-order valence-electron chi connectivity index (χ1n) is 7.50. The van der Waals surface area contributed by atoms with Gasteiger partial charge in [0.15, 0.2) is 11.5 Å². The van der Waals surface area contributed by atoms with Crippen molar-refractivity contribution in [3.8, 4) is 29.1 Å². The molecule has 0 atom stereocenters. The van der Waals surface area contributed by atoms with Gasteiger partial charge in [-0.1, -0.05) is 25.7 Å². The molecule has 1 amide bonds. The molecular weight excluding hydrogens is 282 g/mol. The van der Waals surface area contributed by atoms with Gasteiger partial charge in [0, 0.05) is 12.0 Å². The number of ether oxygens (including phenoxy) is 3. The van der Waals surface area contributed by atoms with Gasteiger partial charge in [-0.25, -0.2) is 0 Å². The Bertz CT molecular complexity index is 570. The molecule has 1 aromatic rings. The molecule has 118 valence electrons. The number of nitrogens with one attached hydrogen (secondary N) is 1. The molecule has 0 fully saturated rings. The normalized spacial score (nSPS) is 11.8. The van der Waals surface area contributed by atoms with Crippen LogP contribution in [0.5, 0.6) is 17.2 Å². The summed E-state index contributed by atoms with van der Waals surface area (Å²) in [5.74, 6) is 7.98. The summed E-state index contributed by atoms with van der Waals surface area (Å²) in [5, 5.41) is 2.81. The molecule has 0 aromatic heterocycles. The van der Waals surface area contributed by atoms with Crippen LogP contribution in [0.25, 0.3) is 0 Å². The SMILES string of the molecule is CCC(CC)C(=O)NCC#CCOc1ccc2c(c1)OCO2. The second-order valence-electron chi connectivity index (χ2n) is 4.89. The van der Waals surface area contributed by atoms with E-state index in [1.54, 1.807) is 12.1 Å². The fraction of sp³-hybridized carbons (Fsp3) is 0.471. The van der Waals surface area contributed by atoms with E-state index in [0.717, 1.165) is 18.6 Å². The maximum atomic E-state index is 11.7. The van der Waals surface area contributed by atoms with Crippen LogP contribution in [0.3, 0.4) is 0 Å². The van der Waals surface area contributed by atoms with Gasteiger partial charge in [-0.15, -0.1) is 0 Å². The Hall–Kier alpha value is -2.35. The summed E-state index contributed by atoms with van der Waals surface area (Å²) in [6, 6.07) is 5.39. The van der Waals surface area contributed by atoms with E-state index < -0.39 is 0 Å². The van der Waals surface area contributed by atoms with Crippen molar-refractivity contribution in [3.63, 3.8) is 0 Å². The molecule has 5 heteroatoms. The Balaban J connectivity index is 1.70. The van der Waals surface area contributed by atoms with Crippen molar-refractivity contribution < 1.29 is 19.0 Å². The zero-order chi connectivity index (χ0) is 15.8. The van der Waals surface area contributed by atoms with Crippen LogP contribution in [0.1, 0.15) is 26.7 Å². The van der Waals surface area contributed by atoms with Crippen molar-refractivity contribution in [2.75, 3.05) is 19.9 Å². The molecule has 1 aliphatic rings. The highest BCUT2D eigenvalue weighted by Crippen LogP contribution is 2.34. The standard InChI is InChI=1S/C17H21NO4/c1-3-13(4-2)17(19)18-9-5-6-10-20-14-7-8-15-16(11-14)22-12-21-15/h7-8,11,13H,3-4,9-10,12H2,1-2H3,(H,18,19). The Labute approximate surface area is 130 Å². The maximum Gasteiger partial charge on any atom is 0.231 e. The summed E-state index contributed by atoms with van der Waals surface area (Å²) in [6.45, 7) is 4.88. The molecule has 0 saturated carbocycles. The molecule has 0 spiro atoms. The van der Waals surface area contributed by atoms with Gasteiger partial charge in [-0.3, -0.25) is 4.79 Å². The van der Waals surface area contributed by atoms with E-state index in [1.165, 1.54) is 0 Å². The molecule has 0 unspecified atom stereocenters. The van der Waals surface area contributed by atoms with Crippen LogP contribution < -0.4 is 19.5 Å². The zero-order valence-electron chi connectivity index (χ0n) is 13.0. The molecule has 1 aliphatic heterocycles. The molecule has 0 radical (unpaired) electrons. The lowest BCUT2D eigenvalue weighted by Gasteiger charge is -2.10. The average Bonchev–Trinajstić information content (AvgIpc) is 2.99. The number of rotatable bonds is 6. The molecule has 1 N–H and O–H groups in total. The van der Waals surface area contributed by atoms with E-state index in [9.17, 15) is 4.79 Å². The van der Waals surface area contributed by atoms with Gasteiger partial charge in [0.25, 0.3) is 0 Å². The minimum absolute atomic E-state index is 0.0657. The molecule has 0 bridgehead atoms. The summed E-state index contributed by atoms with van der Waals surface area (Å²) in [4.78, 5) is 11.7. The number of fused-ring (bicyclic) bond motifs is 1. The lowest BCUT2D eigenvalue weighted by Crippen LogP contribution is -2.30. The Kier molecular flexibility index (Phi) is 5.96. The van der Waals surface area contributed by atoms with E-state index >= 15 is 0 Å². The first kappa shape index (κ1) is 16.0. The Morgan fingerprint density at radius 1 is 1.27 bits per heavy atom. The molecule has 0 saturated heterocycles. The summed E-state index contributed by atoms with van der Waals surface area (Å²) in [6.07, 6.45) is 1.70. The zero-order valence-corrected chi connectivity index (χ0v) is 13.0. The number of carbonyl (C=O) groups excluding carboxylic acids is 1. The largest absolute Gasteiger partial charge is 0.481 e. The van der Waals surface area contributed by atoms with Crippen LogP contribution in [-0.4, -0.2) is 25.9 Å². The third kappa shape index (κ3) is 4.32. The maximum absolute atomic E-state index is 11.7. The summed E-state index contributed by atoms with van der Waals surface area (Å²) >= 11 is 0. The highest BCUT2D eigenvalue weighted by Gasteiger charge is 2.13. The number of benzene rings is 1. The predicted molar refractivity (Wildman–Crippen MR) is 82.9 cm³/mol. The fourth-order valence-electron chi connectivity index (χ4n) is 2.13. The predicted octanol–water partition coefficient (Wildman–Crippen LogP) is 2.35. The third-order valence-electron chi connectivity index (χ3n) is 3.49. The Morgan fingerprint density at radius 3 is 2.82 bits per heavy atom. The van der Waals surface area contributed by atoms with Crippen molar-refractivity contribution in [3.05, 3.63) is 18.2 Å². The average molecular weight is 303 g/mol. The highest BCUT2D eigenvalue weighted by molar-refractivity contribution is 5.78.